The molecule has 0 radical (unpaired) electrons. The van der Waals surface area contributed by atoms with Crippen LogP contribution in [0.4, 0.5) is 23.7 Å². The number of aromatic nitrogens is 2. The van der Waals surface area contributed by atoms with Crippen molar-refractivity contribution in [2.45, 2.75) is 41.6 Å². The zero-order chi connectivity index (χ0) is 32.5. The Morgan fingerprint density at radius 1 is 0.717 bits per heavy atom. The molecule has 3 heterocycles. The molecule has 1 saturated heterocycles. The molecule has 1 fully saturated rings. The number of nitrogens with zero attached hydrogens (tertiary/aromatic N) is 3. The number of hydrogen-bond donors (Lipinski definition) is 1. The maximum Gasteiger partial charge on any atom is 0.446 e. The van der Waals surface area contributed by atoms with Crippen molar-refractivity contribution in [3.63, 3.8) is 0 Å². The number of halogens is 3. The zero-order valence-electron chi connectivity index (χ0n) is 24.9. The van der Waals surface area contributed by atoms with Gasteiger partial charge in [0.15, 0.2) is 0 Å². The highest BCUT2D eigenvalue weighted by molar-refractivity contribution is 8.00. The molecule has 1 N–H and O–H groups in total. The molecule has 0 bridgehead atoms. The van der Waals surface area contributed by atoms with Crippen molar-refractivity contribution >= 4 is 29.4 Å². The predicted octanol–water partition coefficient (Wildman–Crippen LogP) is 8.82. The second-order valence-corrected chi connectivity index (χ2v) is 12.2. The van der Waals surface area contributed by atoms with E-state index >= 15 is 0 Å². The fourth-order valence-corrected chi connectivity index (χ4v) is 6.87. The van der Waals surface area contributed by atoms with Gasteiger partial charge in [0.05, 0.1) is 5.69 Å². The van der Waals surface area contributed by atoms with Gasteiger partial charge in [0, 0.05) is 52.6 Å². The van der Waals surface area contributed by atoms with Crippen molar-refractivity contribution < 1.29 is 22.8 Å². The van der Waals surface area contributed by atoms with Crippen LogP contribution in [-0.2, 0) is 4.79 Å². The summed E-state index contributed by atoms with van der Waals surface area (Å²) < 4.78 is 39.0. The standard InChI is InChI=1S/C36H29F3N4O2S/c1-23(29-17-19-40-21-31(29)25-9-5-3-6-10-25)35(24(2)30-18-20-41-22-32(30)26-11-7-4-8-12-26)33(44)43(34(45)42-35)27-13-15-28(16-14-27)46-36(37,38)39/h3-24H,1-2H3,(H,42,45). The Balaban J connectivity index is 1.50. The Morgan fingerprint density at radius 3 is 1.65 bits per heavy atom. The number of benzene rings is 3. The minimum atomic E-state index is -4.47. The molecule has 0 aliphatic carbocycles. The molecular formula is C36H29F3N4O2S. The smallest absolute Gasteiger partial charge is 0.322 e. The maximum atomic E-state index is 14.9. The van der Waals surface area contributed by atoms with E-state index in [9.17, 15) is 22.8 Å². The molecule has 5 aromatic rings. The van der Waals surface area contributed by atoms with Crippen molar-refractivity contribution in [1.29, 1.82) is 0 Å². The van der Waals surface area contributed by atoms with Crippen LogP contribution in [0.25, 0.3) is 22.3 Å². The van der Waals surface area contributed by atoms with E-state index in [4.69, 9.17) is 0 Å². The van der Waals surface area contributed by atoms with E-state index in [1.165, 1.54) is 24.3 Å². The summed E-state index contributed by atoms with van der Waals surface area (Å²) in [5, 5.41) is 3.08. The molecule has 46 heavy (non-hydrogen) atoms. The number of anilines is 1. The van der Waals surface area contributed by atoms with Crippen LogP contribution >= 0.6 is 11.8 Å². The van der Waals surface area contributed by atoms with Crippen molar-refractivity contribution in [1.82, 2.24) is 15.3 Å². The lowest BCUT2D eigenvalue weighted by molar-refractivity contribution is -0.123. The van der Waals surface area contributed by atoms with Gasteiger partial charge in [-0.15, -0.1) is 0 Å². The molecule has 6 rings (SSSR count). The predicted molar refractivity (Wildman–Crippen MR) is 173 cm³/mol. The van der Waals surface area contributed by atoms with E-state index in [0.29, 0.717) is 0 Å². The summed E-state index contributed by atoms with van der Waals surface area (Å²) in [5.41, 5.74) is -0.765. The van der Waals surface area contributed by atoms with Crippen molar-refractivity contribution in [2.24, 2.45) is 0 Å². The quantitative estimate of drug-likeness (QED) is 0.136. The highest BCUT2D eigenvalue weighted by Crippen LogP contribution is 2.48. The molecule has 3 aromatic carbocycles. The van der Waals surface area contributed by atoms with Gasteiger partial charge in [-0.1, -0.05) is 74.5 Å². The molecule has 6 nitrogen and oxygen atoms in total. The van der Waals surface area contributed by atoms with Crippen LogP contribution in [0.5, 0.6) is 0 Å². The largest absolute Gasteiger partial charge is 0.446 e. The Hall–Kier alpha value is -4.96. The van der Waals surface area contributed by atoms with Gasteiger partial charge in [0.2, 0.25) is 0 Å². The van der Waals surface area contributed by atoms with E-state index < -0.39 is 34.8 Å². The van der Waals surface area contributed by atoms with Crippen LogP contribution in [0.15, 0.2) is 127 Å². The van der Waals surface area contributed by atoms with Gasteiger partial charge < -0.3 is 5.32 Å². The number of amides is 3. The van der Waals surface area contributed by atoms with Crippen molar-refractivity contribution in [3.8, 4) is 22.3 Å². The molecule has 232 valence electrons. The number of imide groups is 1. The Morgan fingerprint density at radius 2 is 1.20 bits per heavy atom. The van der Waals surface area contributed by atoms with Gasteiger partial charge in [-0.2, -0.15) is 13.2 Å². The summed E-state index contributed by atoms with van der Waals surface area (Å²) in [6.45, 7) is 3.82. The Labute approximate surface area is 268 Å². The van der Waals surface area contributed by atoms with Gasteiger partial charge >= 0.3 is 11.5 Å². The lowest BCUT2D eigenvalue weighted by atomic mass is 9.68. The number of carbonyl (C=O) groups is 2. The minimum absolute atomic E-state index is 0.0510. The van der Waals surface area contributed by atoms with Gasteiger partial charge in [-0.25, -0.2) is 9.69 Å². The molecule has 2 unspecified atom stereocenters. The molecule has 0 spiro atoms. The average molecular weight is 639 g/mol. The SMILES string of the molecule is CC(c1ccncc1-c1ccccc1)C1(C(C)c2ccncc2-c2ccccc2)NC(=O)N(c2ccc(SC(F)(F)F)cc2)C1=O. The number of urea groups is 1. The summed E-state index contributed by atoms with van der Waals surface area (Å²) in [6.07, 6.45) is 6.82. The third-order valence-corrected chi connectivity index (χ3v) is 9.32. The number of alkyl halides is 3. The molecule has 2 aromatic heterocycles. The first-order valence-corrected chi connectivity index (χ1v) is 15.4. The van der Waals surface area contributed by atoms with Crippen LogP contribution in [0.2, 0.25) is 0 Å². The van der Waals surface area contributed by atoms with E-state index in [1.54, 1.807) is 24.8 Å². The number of hydrogen-bond acceptors (Lipinski definition) is 5. The van der Waals surface area contributed by atoms with Gasteiger partial charge in [0.1, 0.15) is 5.54 Å². The molecule has 1 aliphatic rings. The van der Waals surface area contributed by atoms with E-state index in [-0.39, 0.29) is 22.3 Å². The molecule has 2 atom stereocenters. The third-order valence-electron chi connectivity index (χ3n) is 8.58. The number of thioether (sulfide) groups is 1. The highest BCUT2D eigenvalue weighted by atomic mass is 32.2. The fourth-order valence-electron chi connectivity index (χ4n) is 6.33. The van der Waals surface area contributed by atoms with Crippen LogP contribution in [-0.4, -0.2) is 33.0 Å². The van der Waals surface area contributed by atoms with E-state index in [1.807, 2.05) is 86.6 Å². The van der Waals surface area contributed by atoms with Gasteiger partial charge in [-0.05, 0) is 70.4 Å². The molecule has 1 aliphatic heterocycles. The van der Waals surface area contributed by atoms with Gasteiger partial charge in [-0.3, -0.25) is 14.8 Å². The summed E-state index contributed by atoms with van der Waals surface area (Å²) in [6, 6.07) is 27.6. The first kappa shape index (κ1) is 31.0. The summed E-state index contributed by atoms with van der Waals surface area (Å²) >= 11 is -0.259. The topological polar surface area (TPSA) is 75.2 Å². The Kier molecular flexibility index (Phi) is 8.39. The lowest BCUT2D eigenvalue weighted by Gasteiger charge is -2.40. The molecular weight excluding hydrogens is 609 g/mol. The van der Waals surface area contributed by atoms with Gasteiger partial charge in [0.25, 0.3) is 5.91 Å². The molecule has 3 amide bonds. The third kappa shape index (κ3) is 5.76. The summed E-state index contributed by atoms with van der Waals surface area (Å²) in [5.74, 6) is -1.68. The molecule has 0 saturated carbocycles. The van der Waals surface area contributed by atoms with Crippen LogP contribution < -0.4 is 10.2 Å². The first-order valence-electron chi connectivity index (χ1n) is 14.6. The van der Waals surface area contributed by atoms with Crippen LogP contribution in [0.3, 0.4) is 0 Å². The van der Waals surface area contributed by atoms with Crippen molar-refractivity contribution in [2.75, 3.05) is 4.90 Å². The number of carbonyl (C=O) groups excluding carboxylic acids is 2. The van der Waals surface area contributed by atoms with Crippen LogP contribution in [0, 0.1) is 0 Å². The summed E-state index contributed by atoms with van der Waals surface area (Å²) in [7, 11) is 0. The second-order valence-electron chi connectivity index (χ2n) is 11.1. The average Bonchev–Trinajstić information content (AvgIpc) is 3.34. The zero-order valence-corrected chi connectivity index (χ0v) is 25.7. The lowest BCUT2D eigenvalue weighted by Crippen LogP contribution is -2.55. The monoisotopic (exact) mass is 638 g/mol. The fraction of sp³-hybridized carbons (Fsp3) is 0.167. The molecule has 10 heteroatoms. The highest BCUT2D eigenvalue weighted by Gasteiger charge is 2.59. The van der Waals surface area contributed by atoms with Crippen LogP contribution in [0.1, 0.15) is 36.8 Å². The maximum absolute atomic E-state index is 14.9. The normalized spacial score (nSPS) is 17.9. The first-order chi connectivity index (χ1) is 22.1. The number of pyridine rings is 2. The van der Waals surface area contributed by atoms with E-state index in [0.717, 1.165) is 38.3 Å². The second kappa shape index (κ2) is 12.4. The Bertz CT molecular complexity index is 1780. The number of nitrogens with one attached hydrogen (secondary N) is 1. The number of rotatable bonds is 8. The minimum Gasteiger partial charge on any atom is -0.322 e. The summed E-state index contributed by atoms with van der Waals surface area (Å²) in [4.78, 5) is 38.5. The van der Waals surface area contributed by atoms with E-state index in [2.05, 4.69) is 15.3 Å². The van der Waals surface area contributed by atoms with Crippen molar-refractivity contribution in [3.05, 3.63) is 133 Å².